The molecule has 1 aliphatic rings. The maximum atomic E-state index is 11.9. The van der Waals surface area contributed by atoms with Gasteiger partial charge in [-0.2, -0.15) is 0 Å². The van der Waals surface area contributed by atoms with Crippen molar-refractivity contribution in [3.8, 4) is 0 Å². The lowest BCUT2D eigenvalue weighted by Gasteiger charge is -2.28. The zero-order valence-corrected chi connectivity index (χ0v) is 12.9. The third-order valence-electron chi connectivity index (χ3n) is 3.69. The highest BCUT2D eigenvalue weighted by Crippen LogP contribution is 2.15. The van der Waals surface area contributed by atoms with Crippen LogP contribution in [0, 0.1) is 0 Å². The number of hydrogen-bond donors (Lipinski definition) is 0. The Balaban J connectivity index is 1.73. The summed E-state index contributed by atoms with van der Waals surface area (Å²) in [4.78, 5) is 25.9. The van der Waals surface area contributed by atoms with Crippen molar-refractivity contribution in [2.24, 2.45) is 0 Å². The first kappa shape index (κ1) is 16.0. The number of nitrogens with zero attached hydrogens (tertiary/aromatic N) is 1. The molecule has 114 valence electrons. The molecule has 1 aliphatic heterocycles. The molecule has 1 heterocycles. The van der Waals surface area contributed by atoms with Crippen LogP contribution in [0.15, 0.2) is 24.3 Å². The van der Waals surface area contributed by atoms with Crippen molar-refractivity contribution in [1.29, 1.82) is 0 Å². The molecule has 1 saturated heterocycles. The van der Waals surface area contributed by atoms with Gasteiger partial charge < -0.3 is 9.64 Å². The van der Waals surface area contributed by atoms with Crippen LogP contribution in [0.1, 0.15) is 36.0 Å². The van der Waals surface area contributed by atoms with Gasteiger partial charge in [-0.05, 0) is 44.2 Å². The van der Waals surface area contributed by atoms with Crippen LogP contribution in [-0.2, 0) is 9.53 Å². The molecule has 0 aromatic heterocycles. The van der Waals surface area contributed by atoms with Gasteiger partial charge in [0, 0.05) is 30.1 Å². The number of hydrogen-bond acceptors (Lipinski definition) is 4. The van der Waals surface area contributed by atoms with Crippen LogP contribution in [0.5, 0.6) is 0 Å². The zero-order valence-electron chi connectivity index (χ0n) is 12.2. The lowest BCUT2D eigenvalue weighted by atomic mass is 10.1. The molecule has 0 radical (unpaired) electrons. The molecule has 2 rings (SSSR count). The van der Waals surface area contributed by atoms with Gasteiger partial charge >= 0.3 is 5.97 Å². The van der Waals surface area contributed by atoms with Crippen molar-refractivity contribution in [2.75, 3.05) is 20.1 Å². The first-order valence-corrected chi connectivity index (χ1v) is 7.59. The maximum absolute atomic E-state index is 11.9. The number of rotatable bonds is 5. The zero-order chi connectivity index (χ0) is 15.2. The number of halogens is 1. The van der Waals surface area contributed by atoms with E-state index in [1.165, 1.54) is 0 Å². The molecule has 1 aromatic carbocycles. The minimum absolute atomic E-state index is 0.000617. The minimum Gasteiger partial charge on any atom is -0.462 e. The van der Waals surface area contributed by atoms with Gasteiger partial charge in [0.05, 0.1) is 6.42 Å². The van der Waals surface area contributed by atoms with Crippen molar-refractivity contribution < 1.29 is 14.3 Å². The number of Topliss-reactive ketones (excluding diaryl/α,β-unsaturated/α-hetero) is 1. The van der Waals surface area contributed by atoms with Crippen molar-refractivity contribution in [1.82, 2.24) is 4.90 Å². The van der Waals surface area contributed by atoms with E-state index in [2.05, 4.69) is 11.9 Å². The van der Waals surface area contributed by atoms with Gasteiger partial charge in [-0.15, -0.1) is 0 Å². The number of likely N-dealkylation sites (tertiary alicyclic amines) is 1. The quantitative estimate of drug-likeness (QED) is 0.620. The average molecular weight is 310 g/mol. The highest BCUT2D eigenvalue weighted by molar-refractivity contribution is 6.30. The fraction of sp³-hybridized carbons (Fsp3) is 0.500. The predicted octanol–water partition coefficient (Wildman–Crippen LogP) is 2.94. The number of ether oxygens (including phenoxy) is 1. The van der Waals surface area contributed by atoms with Gasteiger partial charge in [0.25, 0.3) is 0 Å². The highest BCUT2D eigenvalue weighted by Gasteiger charge is 2.20. The molecule has 1 aromatic rings. The molecule has 0 unspecified atom stereocenters. The molecule has 0 saturated carbocycles. The van der Waals surface area contributed by atoms with Gasteiger partial charge in [-0.3, -0.25) is 9.59 Å². The second-order valence-electron chi connectivity index (χ2n) is 5.42. The van der Waals surface area contributed by atoms with E-state index in [0.717, 1.165) is 25.9 Å². The van der Waals surface area contributed by atoms with Crippen LogP contribution in [0.4, 0.5) is 0 Å². The van der Waals surface area contributed by atoms with Gasteiger partial charge in [0.1, 0.15) is 6.10 Å². The third-order valence-corrected chi connectivity index (χ3v) is 3.94. The van der Waals surface area contributed by atoms with Crippen molar-refractivity contribution in [3.63, 3.8) is 0 Å². The summed E-state index contributed by atoms with van der Waals surface area (Å²) in [6, 6.07) is 6.69. The second kappa shape index (κ2) is 7.57. The SMILES string of the molecule is CN1CCC(OC(=O)CCC(=O)c2ccc(Cl)cc2)CC1. The molecule has 5 heteroatoms. The summed E-state index contributed by atoms with van der Waals surface area (Å²) in [7, 11) is 2.06. The lowest BCUT2D eigenvalue weighted by molar-refractivity contribution is -0.151. The summed E-state index contributed by atoms with van der Waals surface area (Å²) in [6.07, 6.45) is 2.04. The molecule has 0 atom stereocenters. The molecule has 0 aliphatic carbocycles. The van der Waals surface area contributed by atoms with Crippen molar-refractivity contribution in [2.45, 2.75) is 31.8 Å². The van der Waals surface area contributed by atoms with Gasteiger partial charge in [-0.1, -0.05) is 11.6 Å². The summed E-state index contributed by atoms with van der Waals surface area (Å²) >= 11 is 5.77. The normalized spacial score (nSPS) is 16.7. The van der Waals surface area contributed by atoms with Gasteiger partial charge in [0.15, 0.2) is 5.78 Å². The number of esters is 1. The van der Waals surface area contributed by atoms with Crippen molar-refractivity contribution >= 4 is 23.4 Å². The largest absolute Gasteiger partial charge is 0.462 e. The molecule has 0 bridgehead atoms. The standard InChI is InChI=1S/C16H20ClNO3/c1-18-10-8-14(9-11-18)21-16(20)7-6-15(19)12-2-4-13(17)5-3-12/h2-5,14H,6-11H2,1H3. The first-order chi connectivity index (χ1) is 10.0. The van der Waals surface area contributed by atoms with E-state index in [1.54, 1.807) is 24.3 Å². The van der Waals surface area contributed by atoms with Crippen LogP contribution in [0.25, 0.3) is 0 Å². The molecule has 21 heavy (non-hydrogen) atoms. The van der Waals surface area contributed by atoms with E-state index in [9.17, 15) is 9.59 Å². The van der Waals surface area contributed by atoms with E-state index >= 15 is 0 Å². The van der Waals surface area contributed by atoms with E-state index in [1.807, 2.05) is 0 Å². The highest BCUT2D eigenvalue weighted by atomic mass is 35.5. The van der Waals surface area contributed by atoms with E-state index < -0.39 is 0 Å². The summed E-state index contributed by atoms with van der Waals surface area (Å²) < 4.78 is 5.41. The summed E-state index contributed by atoms with van der Waals surface area (Å²) in [5.41, 5.74) is 0.575. The maximum Gasteiger partial charge on any atom is 0.306 e. The van der Waals surface area contributed by atoms with Crippen LogP contribution in [0.2, 0.25) is 5.02 Å². The average Bonchev–Trinajstić information content (AvgIpc) is 2.48. The number of carbonyl (C=O) groups is 2. The van der Waals surface area contributed by atoms with Crippen LogP contribution < -0.4 is 0 Å². The minimum atomic E-state index is -0.285. The van der Waals surface area contributed by atoms with Crippen LogP contribution in [0.3, 0.4) is 0 Å². The smallest absolute Gasteiger partial charge is 0.306 e. The van der Waals surface area contributed by atoms with Crippen molar-refractivity contribution in [3.05, 3.63) is 34.9 Å². The van der Waals surface area contributed by atoms with E-state index in [4.69, 9.17) is 16.3 Å². The molecule has 4 nitrogen and oxygen atoms in total. The second-order valence-corrected chi connectivity index (χ2v) is 5.86. The fourth-order valence-corrected chi connectivity index (χ4v) is 2.47. The number of ketones is 1. The Hall–Kier alpha value is -1.39. The molecule has 0 spiro atoms. The number of benzene rings is 1. The first-order valence-electron chi connectivity index (χ1n) is 7.21. The number of piperidine rings is 1. The Kier molecular flexibility index (Phi) is 5.76. The van der Waals surface area contributed by atoms with E-state index in [0.29, 0.717) is 10.6 Å². The Morgan fingerprint density at radius 1 is 1.19 bits per heavy atom. The molecular formula is C16H20ClNO3. The Morgan fingerprint density at radius 2 is 1.81 bits per heavy atom. The topological polar surface area (TPSA) is 46.6 Å². The Labute approximate surface area is 130 Å². The Bertz CT molecular complexity index is 493. The Morgan fingerprint density at radius 3 is 2.43 bits per heavy atom. The molecule has 1 fully saturated rings. The monoisotopic (exact) mass is 309 g/mol. The molecule has 0 amide bonds. The molecule has 0 N–H and O–H groups in total. The van der Waals surface area contributed by atoms with Crippen LogP contribution in [-0.4, -0.2) is 42.9 Å². The summed E-state index contributed by atoms with van der Waals surface area (Å²) in [6.45, 7) is 1.89. The van der Waals surface area contributed by atoms with E-state index in [-0.39, 0.29) is 30.7 Å². The predicted molar refractivity (Wildman–Crippen MR) is 81.6 cm³/mol. The molecular weight excluding hydrogens is 290 g/mol. The third kappa shape index (κ3) is 5.14. The summed E-state index contributed by atoms with van der Waals surface area (Å²) in [5, 5.41) is 0.591. The van der Waals surface area contributed by atoms with Crippen LogP contribution >= 0.6 is 11.6 Å². The number of carbonyl (C=O) groups excluding carboxylic acids is 2. The van der Waals surface area contributed by atoms with Gasteiger partial charge in [0.2, 0.25) is 0 Å². The fourth-order valence-electron chi connectivity index (χ4n) is 2.34. The summed E-state index contributed by atoms with van der Waals surface area (Å²) in [5.74, 6) is -0.348. The van der Waals surface area contributed by atoms with Gasteiger partial charge in [-0.25, -0.2) is 0 Å². The lowest BCUT2D eigenvalue weighted by Crippen LogP contribution is -2.35.